The Morgan fingerprint density at radius 1 is 1.25 bits per heavy atom. The van der Waals surface area contributed by atoms with E-state index in [4.69, 9.17) is 5.73 Å². The molecule has 16 heavy (non-hydrogen) atoms. The Kier molecular flexibility index (Phi) is 3.58. The van der Waals surface area contributed by atoms with Gasteiger partial charge in [0, 0.05) is 19.3 Å². The van der Waals surface area contributed by atoms with Crippen LogP contribution in [0.4, 0.5) is 0 Å². The Balaban J connectivity index is 1.97. The average Bonchev–Trinajstić information content (AvgIpc) is 2.73. The van der Waals surface area contributed by atoms with Crippen LogP contribution in [0.15, 0.2) is 35.7 Å². The molecule has 0 aliphatic carbocycles. The molecule has 84 valence electrons. The number of hydrogen-bond donors (Lipinski definition) is 1. The van der Waals surface area contributed by atoms with E-state index in [1.165, 1.54) is 5.56 Å². The van der Waals surface area contributed by atoms with Crippen LogP contribution < -0.4 is 5.73 Å². The quantitative estimate of drug-likeness (QED) is 0.816. The molecule has 0 saturated carbocycles. The van der Waals surface area contributed by atoms with Gasteiger partial charge in [0.1, 0.15) is 6.33 Å². The maximum atomic E-state index is 5.54. The molecular weight excluding hydrogens is 220 g/mol. The number of benzene rings is 1. The molecule has 0 fully saturated rings. The van der Waals surface area contributed by atoms with Crippen molar-refractivity contribution < 1.29 is 0 Å². The molecule has 4 nitrogen and oxygen atoms in total. The van der Waals surface area contributed by atoms with Crippen molar-refractivity contribution in [3.63, 3.8) is 0 Å². The van der Waals surface area contributed by atoms with Gasteiger partial charge in [-0.05, 0) is 11.1 Å². The third kappa shape index (κ3) is 2.62. The number of hydrogen-bond acceptors (Lipinski definition) is 4. The first-order valence-electron chi connectivity index (χ1n) is 5.04. The van der Waals surface area contributed by atoms with Gasteiger partial charge in [0.05, 0.1) is 0 Å². The highest BCUT2D eigenvalue weighted by molar-refractivity contribution is 7.98. The SMILES string of the molecule is Cn1cnnc1SCc1ccc(CN)cc1. The molecule has 2 aromatic rings. The molecule has 0 spiro atoms. The standard InChI is InChI=1S/C11H14N4S/c1-15-8-13-14-11(15)16-7-10-4-2-9(6-12)3-5-10/h2-5,8H,6-7,12H2,1H3. The van der Waals surface area contributed by atoms with E-state index in [9.17, 15) is 0 Å². The van der Waals surface area contributed by atoms with Gasteiger partial charge in [-0.3, -0.25) is 0 Å². The molecule has 5 heteroatoms. The second kappa shape index (κ2) is 5.14. The van der Waals surface area contributed by atoms with E-state index in [1.54, 1.807) is 18.1 Å². The molecule has 0 aliphatic heterocycles. The van der Waals surface area contributed by atoms with Crippen LogP contribution in [0.1, 0.15) is 11.1 Å². The third-order valence-corrected chi connectivity index (χ3v) is 3.40. The fourth-order valence-corrected chi connectivity index (χ4v) is 2.17. The minimum Gasteiger partial charge on any atom is -0.326 e. The Morgan fingerprint density at radius 2 is 1.94 bits per heavy atom. The van der Waals surface area contributed by atoms with Crippen molar-refractivity contribution in [3.8, 4) is 0 Å². The normalized spacial score (nSPS) is 10.6. The van der Waals surface area contributed by atoms with Gasteiger partial charge in [-0.25, -0.2) is 0 Å². The highest BCUT2D eigenvalue weighted by atomic mass is 32.2. The number of rotatable bonds is 4. The number of nitrogens with two attached hydrogens (primary N) is 1. The van der Waals surface area contributed by atoms with E-state index in [-0.39, 0.29) is 0 Å². The predicted octanol–water partition coefficient (Wildman–Crippen LogP) is 1.57. The maximum Gasteiger partial charge on any atom is 0.191 e. The summed E-state index contributed by atoms with van der Waals surface area (Å²) in [6.45, 7) is 0.594. The lowest BCUT2D eigenvalue weighted by molar-refractivity contribution is 0.788. The van der Waals surface area contributed by atoms with Crippen molar-refractivity contribution in [2.75, 3.05) is 0 Å². The fraction of sp³-hybridized carbons (Fsp3) is 0.273. The Labute approximate surface area is 98.9 Å². The molecule has 0 amide bonds. The Bertz CT molecular complexity index is 449. The van der Waals surface area contributed by atoms with Crippen LogP contribution in [0.5, 0.6) is 0 Å². The topological polar surface area (TPSA) is 56.7 Å². The highest BCUT2D eigenvalue weighted by Crippen LogP contribution is 2.19. The fourth-order valence-electron chi connectivity index (χ4n) is 1.32. The second-order valence-electron chi connectivity index (χ2n) is 3.53. The molecule has 1 heterocycles. The molecular formula is C11H14N4S. The zero-order valence-electron chi connectivity index (χ0n) is 9.13. The lowest BCUT2D eigenvalue weighted by Crippen LogP contribution is -1.96. The predicted molar refractivity (Wildman–Crippen MR) is 64.9 cm³/mol. The Hall–Kier alpha value is -1.33. The van der Waals surface area contributed by atoms with Crippen LogP contribution in [0.3, 0.4) is 0 Å². The summed E-state index contributed by atoms with van der Waals surface area (Å²) >= 11 is 1.68. The van der Waals surface area contributed by atoms with Gasteiger partial charge in [-0.2, -0.15) is 0 Å². The van der Waals surface area contributed by atoms with E-state index >= 15 is 0 Å². The summed E-state index contributed by atoms with van der Waals surface area (Å²) in [7, 11) is 1.94. The Morgan fingerprint density at radius 3 is 2.50 bits per heavy atom. The monoisotopic (exact) mass is 234 g/mol. The van der Waals surface area contributed by atoms with Gasteiger partial charge in [0.25, 0.3) is 0 Å². The first-order chi connectivity index (χ1) is 7.79. The smallest absolute Gasteiger partial charge is 0.191 e. The van der Waals surface area contributed by atoms with Crippen molar-refractivity contribution in [1.29, 1.82) is 0 Å². The molecule has 0 atom stereocenters. The first kappa shape index (κ1) is 11.2. The number of aryl methyl sites for hydroxylation is 1. The van der Waals surface area contributed by atoms with Crippen LogP contribution in [0.25, 0.3) is 0 Å². The minimum absolute atomic E-state index is 0.594. The van der Waals surface area contributed by atoms with Gasteiger partial charge in [0.15, 0.2) is 5.16 Å². The van der Waals surface area contributed by atoms with Crippen molar-refractivity contribution in [3.05, 3.63) is 41.7 Å². The van der Waals surface area contributed by atoms with Gasteiger partial charge >= 0.3 is 0 Å². The van der Waals surface area contributed by atoms with Crippen molar-refractivity contribution >= 4 is 11.8 Å². The minimum atomic E-state index is 0.594. The molecule has 1 aromatic carbocycles. The number of thioether (sulfide) groups is 1. The van der Waals surface area contributed by atoms with Crippen LogP contribution in [0, 0.1) is 0 Å². The maximum absolute atomic E-state index is 5.54. The van der Waals surface area contributed by atoms with Gasteiger partial charge < -0.3 is 10.3 Å². The van der Waals surface area contributed by atoms with E-state index in [0.717, 1.165) is 16.5 Å². The largest absolute Gasteiger partial charge is 0.326 e. The van der Waals surface area contributed by atoms with Crippen LogP contribution in [-0.4, -0.2) is 14.8 Å². The second-order valence-corrected chi connectivity index (χ2v) is 4.48. The molecule has 0 bridgehead atoms. The summed E-state index contributed by atoms with van der Waals surface area (Å²) in [5.74, 6) is 0.900. The molecule has 0 unspecified atom stereocenters. The summed E-state index contributed by atoms with van der Waals surface area (Å²) in [5, 5.41) is 8.79. The van der Waals surface area contributed by atoms with Crippen LogP contribution in [-0.2, 0) is 19.3 Å². The summed E-state index contributed by atoms with van der Waals surface area (Å²) in [6.07, 6.45) is 1.71. The summed E-state index contributed by atoms with van der Waals surface area (Å²) < 4.78 is 1.92. The van der Waals surface area contributed by atoms with Gasteiger partial charge in [-0.15, -0.1) is 10.2 Å². The number of nitrogens with zero attached hydrogens (tertiary/aromatic N) is 3. The van der Waals surface area contributed by atoms with Gasteiger partial charge in [-0.1, -0.05) is 36.0 Å². The number of aromatic nitrogens is 3. The van der Waals surface area contributed by atoms with Crippen LogP contribution >= 0.6 is 11.8 Å². The zero-order valence-corrected chi connectivity index (χ0v) is 9.94. The molecule has 2 rings (SSSR count). The molecule has 0 aliphatic rings. The summed E-state index contributed by atoms with van der Waals surface area (Å²) in [5.41, 5.74) is 7.97. The van der Waals surface area contributed by atoms with Crippen molar-refractivity contribution in [2.45, 2.75) is 17.5 Å². The van der Waals surface area contributed by atoms with E-state index < -0.39 is 0 Å². The highest BCUT2D eigenvalue weighted by Gasteiger charge is 2.01. The molecule has 1 aromatic heterocycles. The lowest BCUT2D eigenvalue weighted by Gasteiger charge is -2.02. The van der Waals surface area contributed by atoms with E-state index in [2.05, 4.69) is 34.5 Å². The molecule has 2 N–H and O–H groups in total. The van der Waals surface area contributed by atoms with E-state index in [1.807, 2.05) is 11.6 Å². The van der Waals surface area contributed by atoms with Crippen molar-refractivity contribution in [2.24, 2.45) is 12.8 Å². The third-order valence-electron chi connectivity index (χ3n) is 2.30. The van der Waals surface area contributed by atoms with Crippen LogP contribution in [0.2, 0.25) is 0 Å². The molecule has 0 radical (unpaired) electrons. The van der Waals surface area contributed by atoms with Gasteiger partial charge in [0.2, 0.25) is 0 Å². The first-order valence-corrected chi connectivity index (χ1v) is 6.03. The molecule has 0 saturated heterocycles. The van der Waals surface area contributed by atoms with Crippen molar-refractivity contribution in [1.82, 2.24) is 14.8 Å². The summed E-state index contributed by atoms with van der Waals surface area (Å²) in [6, 6.07) is 8.33. The lowest BCUT2D eigenvalue weighted by atomic mass is 10.1. The average molecular weight is 234 g/mol. The summed E-state index contributed by atoms with van der Waals surface area (Å²) in [4.78, 5) is 0. The zero-order chi connectivity index (χ0) is 11.4. The van der Waals surface area contributed by atoms with E-state index in [0.29, 0.717) is 6.54 Å².